The maximum atomic E-state index is 11.3. The highest BCUT2D eigenvalue weighted by molar-refractivity contribution is 7.89. The second-order valence-electron chi connectivity index (χ2n) is 3.18. The van der Waals surface area contributed by atoms with Gasteiger partial charge in [-0.15, -0.1) is 0 Å². The number of hydrogen-bond donors (Lipinski definition) is 1. The van der Waals surface area contributed by atoms with Crippen molar-refractivity contribution < 1.29 is 8.42 Å². The maximum Gasteiger partial charge on any atom is 0.211 e. The highest BCUT2D eigenvalue weighted by atomic mass is 32.2. The lowest BCUT2D eigenvalue weighted by Gasteiger charge is -2.04. The van der Waals surface area contributed by atoms with E-state index in [9.17, 15) is 8.42 Å². The van der Waals surface area contributed by atoms with E-state index in [1.807, 2.05) is 13.0 Å². The number of sulfonamides is 1. The largest absolute Gasteiger partial charge is 0.215 e. The first-order chi connectivity index (χ1) is 6.62. The molecule has 0 fully saturated rings. The standard InChI is InChI=1S/C9H18N2O2S/c1-2-3-6-9-14(12,13)11-8-5-4-7-10/h11H,2-6,8-9H2,1H3. The van der Waals surface area contributed by atoms with Crippen molar-refractivity contribution in [3.63, 3.8) is 0 Å². The van der Waals surface area contributed by atoms with Gasteiger partial charge in [-0.3, -0.25) is 0 Å². The van der Waals surface area contributed by atoms with Crippen molar-refractivity contribution in [2.75, 3.05) is 12.3 Å². The Balaban J connectivity index is 3.58. The average molecular weight is 218 g/mol. The molecular weight excluding hydrogens is 200 g/mol. The molecule has 0 bridgehead atoms. The van der Waals surface area contributed by atoms with Crippen LogP contribution in [-0.4, -0.2) is 20.7 Å². The normalized spacial score (nSPS) is 11.1. The minimum Gasteiger partial charge on any atom is -0.215 e. The van der Waals surface area contributed by atoms with Gasteiger partial charge in [0.15, 0.2) is 0 Å². The SMILES string of the molecule is CCCCCS(=O)(=O)NCCCC#N. The Morgan fingerprint density at radius 2 is 2.00 bits per heavy atom. The molecule has 0 amide bonds. The van der Waals surface area contributed by atoms with Gasteiger partial charge in [-0.2, -0.15) is 5.26 Å². The van der Waals surface area contributed by atoms with Crippen molar-refractivity contribution in [3.05, 3.63) is 0 Å². The summed E-state index contributed by atoms with van der Waals surface area (Å²) in [6, 6.07) is 1.97. The third kappa shape index (κ3) is 8.02. The lowest BCUT2D eigenvalue weighted by Crippen LogP contribution is -2.27. The Hall–Kier alpha value is -0.600. The van der Waals surface area contributed by atoms with Gasteiger partial charge >= 0.3 is 0 Å². The van der Waals surface area contributed by atoms with Crippen molar-refractivity contribution in [3.8, 4) is 6.07 Å². The first kappa shape index (κ1) is 13.4. The Labute approximate surface area is 86.4 Å². The van der Waals surface area contributed by atoms with Crippen LogP contribution in [0.25, 0.3) is 0 Å². The van der Waals surface area contributed by atoms with E-state index in [0.717, 1.165) is 12.8 Å². The number of nitrogens with one attached hydrogen (secondary N) is 1. The zero-order valence-electron chi connectivity index (χ0n) is 8.62. The summed E-state index contributed by atoms with van der Waals surface area (Å²) >= 11 is 0. The lowest BCUT2D eigenvalue weighted by molar-refractivity contribution is 0.574. The Kier molecular flexibility index (Phi) is 7.44. The molecule has 0 aliphatic heterocycles. The quantitative estimate of drug-likeness (QED) is 0.626. The molecule has 0 aromatic rings. The molecule has 14 heavy (non-hydrogen) atoms. The molecule has 0 unspecified atom stereocenters. The van der Waals surface area contributed by atoms with Gasteiger partial charge in [0, 0.05) is 13.0 Å². The van der Waals surface area contributed by atoms with Crippen LogP contribution in [0.15, 0.2) is 0 Å². The fourth-order valence-corrected chi connectivity index (χ4v) is 2.19. The third-order valence-electron chi connectivity index (χ3n) is 1.80. The third-order valence-corrected chi connectivity index (χ3v) is 3.27. The van der Waals surface area contributed by atoms with Crippen LogP contribution >= 0.6 is 0 Å². The Bertz CT molecular complexity index is 267. The van der Waals surface area contributed by atoms with Crippen LogP contribution in [0.4, 0.5) is 0 Å². The van der Waals surface area contributed by atoms with Gasteiger partial charge in [0.25, 0.3) is 0 Å². The van der Waals surface area contributed by atoms with Crippen molar-refractivity contribution in [1.29, 1.82) is 5.26 Å². The molecule has 0 aliphatic rings. The lowest BCUT2D eigenvalue weighted by atomic mass is 10.3. The summed E-state index contributed by atoms with van der Waals surface area (Å²) < 4.78 is 25.0. The summed E-state index contributed by atoms with van der Waals surface area (Å²) in [5, 5.41) is 8.24. The topological polar surface area (TPSA) is 70.0 Å². The summed E-state index contributed by atoms with van der Waals surface area (Å²) in [5.74, 6) is 0.202. The molecule has 0 radical (unpaired) electrons. The van der Waals surface area contributed by atoms with Gasteiger partial charge in [-0.05, 0) is 12.8 Å². The van der Waals surface area contributed by atoms with Gasteiger partial charge < -0.3 is 0 Å². The summed E-state index contributed by atoms with van der Waals surface area (Å²) in [6.07, 6.45) is 3.66. The summed E-state index contributed by atoms with van der Waals surface area (Å²) in [6.45, 7) is 2.41. The molecule has 0 aromatic heterocycles. The average Bonchev–Trinajstić information content (AvgIpc) is 2.13. The fraction of sp³-hybridized carbons (Fsp3) is 0.889. The summed E-state index contributed by atoms with van der Waals surface area (Å²) in [7, 11) is -3.09. The molecule has 0 saturated carbocycles. The monoisotopic (exact) mass is 218 g/mol. The van der Waals surface area contributed by atoms with Gasteiger partial charge in [0.05, 0.1) is 11.8 Å². The van der Waals surface area contributed by atoms with Crippen LogP contribution in [0.3, 0.4) is 0 Å². The molecule has 82 valence electrons. The van der Waals surface area contributed by atoms with E-state index in [4.69, 9.17) is 5.26 Å². The van der Waals surface area contributed by atoms with Crippen molar-refractivity contribution >= 4 is 10.0 Å². The summed E-state index contributed by atoms with van der Waals surface area (Å²) in [4.78, 5) is 0. The molecule has 0 aliphatic carbocycles. The molecule has 0 rings (SSSR count). The Morgan fingerprint density at radius 3 is 2.57 bits per heavy atom. The van der Waals surface area contributed by atoms with E-state index in [1.54, 1.807) is 0 Å². The van der Waals surface area contributed by atoms with Gasteiger partial charge in [-0.25, -0.2) is 13.1 Å². The number of rotatable bonds is 8. The van der Waals surface area contributed by atoms with E-state index >= 15 is 0 Å². The predicted octanol–water partition coefficient (Wildman–Crippen LogP) is 1.40. The van der Waals surface area contributed by atoms with E-state index in [2.05, 4.69) is 4.72 Å². The fourth-order valence-electron chi connectivity index (χ4n) is 1.01. The van der Waals surface area contributed by atoms with Gasteiger partial charge in [0.2, 0.25) is 10.0 Å². The van der Waals surface area contributed by atoms with Gasteiger partial charge in [0.1, 0.15) is 0 Å². The molecule has 0 spiro atoms. The minimum atomic E-state index is -3.09. The minimum absolute atomic E-state index is 0.202. The van der Waals surface area contributed by atoms with Crippen molar-refractivity contribution in [2.24, 2.45) is 0 Å². The van der Waals surface area contributed by atoms with E-state index < -0.39 is 10.0 Å². The smallest absolute Gasteiger partial charge is 0.211 e. The van der Waals surface area contributed by atoms with E-state index in [0.29, 0.717) is 25.8 Å². The van der Waals surface area contributed by atoms with E-state index in [-0.39, 0.29) is 5.75 Å². The molecule has 4 nitrogen and oxygen atoms in total. The first-order valence-corrected chi connectivity index (χ1v) is 6.62. The first-order valence-electron chi connectivity index (χ1n) is 4.96. The van der Waals surface area contributed by atoms with Gasteiger partial charge in [-0.1, -0.05) is 19.8 Å². The number of unbranched alkanes of at least 4 members (excludes halogenated alkanes) is 3. The van der Waals surface area contributed by atoms with Crippen LogP contribution in [0, 0.1) is 11.3 Å². The molecule has 1 N–H and O–H groups in total. The Morgan fingerprint density at radius 1 is 1.29 bits per heavy atom. The maximum absolute atomic E-state index is 11.3. The molecule has 0 aromatic carbocycles. The predicted molar refractivity (Wildman–Crippen MR) is 56.2 cm³/mol. The van der Waals surface area contributed by atoms with Crippen LogP contribution in [0.5, 0.6) is 0 Å². The zero-order valence-corrected chi connectivity index (χ0v) is 9.44. The number of nitriles is 1. The van der Waals surface area contributed by atoms with Crippen LogP contribution in [-0.2, 0) is 10.0 Å². The highest BCUT2D eigenvalue weighted by Crippen LogP contribution is 1.97. The van der Waals surface area contributed by atoms with Crippen molar-refractivity contribution in [1.82, 2.24) is 4.72 Å². The molecular formula is C9H18N2O2S. The molecule has 0 atom stereocenters. The van der Waals surface area contributed by atoms with Crippen LogP contribution < -0.4 is 4.72 Å². The second kappa shape index (κ2) is 7.77. The number of nitrogens with zero attached hydrogens (tertiary/aromatic N) is 1. The highest BCUT2D eigenvalue weighted by Gasteiger charge is 2.07. The molecule has 5 heteroatoms. The zero-order chi connectivity index (χ0) is 10.9. The number of hydrogen-bond acceptors (Lipinski definition) is 3. The molecule has 0 saturated heterocycles. The van der Waals surface area contributed by atoms with E-state index in [1.165, 1.54) is 0 Å². The summed E-state index contributed by atoms with van der Waals surface area (Å²) in [5.41, 5.74) is 0. The van der Waals surface area contributed by atoms with Crippen LogP contribution in [0.1, 0.15) is 39.0 Å². The molecule has 0 heterocycles. The van der Waals surface area contributed by atoms with Crippen LogP contribution in [0.2, 0.25) is 0 Å². The second-order valence-corrected chi connectivity index (χ2v) is 5.11. The van der Waals surface area contributed by atoms with Crippen molar-refractivity contribution in [2.45, 2.75) is 39.0 Å².